The van der Waals surface area contributed by atoms with Gasteiger partial charge in [-0.25, -0.2) is 4.98 Å². The fraction of sp³-hybridized carbons (Fsp3) is 0.412. The highest BCUT2D eigenvalue weighted by Crippen LogP contribution is 2.35. The number of para-hydroxylation sites is 1. The maximum Gasteiger partial charge on any atom is 0.234 e. The van der Waals surface area contributed by atoms with E-state index in [2.05, 4.69) is 28.9 Å². The van der Waals surface area contributed by atoms with E-state index in [1.807, 2.05) is 12.1 Å². The summed E-state index contributed by atoms with van der Waals surface area (Å²) in [5.74, 6) is 0.0629. The first-order chi connectivity index (χ1) is 10.8. The number of nitrogens with one attached hydrogen (secondary N) is 1. The summed E-state index contributed by atoms with van der Waals surface area (Å²) in [6.07, 6.45) is 5.13. The Morgan fingerprint density at radius 2 is 2.32 bits per heavy atom. The summed E-state index contributed by atoms with van der Waals surface area (Å²) >= 11 is 1.75. The molecule has 1 aromatic carbocycles. The second-order valence-corrected chi connectivity index (χ2v) is 6.66. The molecule has 0 bridgehead atoms. The smallest absolute Gasteiger partial charge is 0.234 e. The molecule has 2 aromatic rings. The van der Waals surface area contributed by atoms with Crippen molar-refractivity contribution in [2.45, 2.75) is 25.3 Å². The van der Waals surface area contributed by atoms with Crippen molar-refractivity contribution in [1.29, 1.82) is 0 Å². The molecule has 0 radical (unpaired) electrons. The van der Waals surface area contributed by atoms with Crippen LogP contribution >= 0.6 is 11.3 Å². The molecule has 4 nitrogen and oxygen atoms in total. The van der Waals surface area contributed by atoms with Crippen LogP contribution in [0.2, 0.25) is 0 Å². The minimum atomic E-state index is 0.0629. The number of nitrogens with zero attached hydrogens (tertiary/aromatic N) is 2. The lowest BCUT2D eigenvalue weighted by atomic mass is 10.0. The summed E-state index contributed by atoms with van der Waals surface area (Å²) < 4.78 is 1.22. The maximum absolute atomic E-state index is 12.0. The van der Waals surface area contributed by atoms with E-state index in [9.17, 15) is 4.79 Å². The fourth-order valence-electron chi connectivity index (χ4n) is 2.92. The van der Waals surface area contributed by atoms with E-state index in [1.165, 1.54) is 11.1 Å². The van der Waals surface area contributed by atoms with Crippen molar-refractivity contribution in [2.24, 2.45) is 0 Å². The Morgan fingerprint density at radius 1 is 1.45 bits per heavy atom. The van der Waals surface area contributed by atoms with Gasteiger partial charge in [0.05, 0.1) is 22.8 Å². The van der Waals surface area contributed by atoms with Gasteiger partial charge in [-0.3, -0.25) is 9.69 Å². The molecule has 0 saturated carbocycles. The average Bonchev–Trinajstić information content (AvgIpc) is 2.97. The van der Waals surface area contributed by atoms with Gasteiger partial charge in [0.2, 0.25) is 5.91 Å². The summed E-state index contributed by atoms with van der Waals surface area (Å²) in [6.45, 7) is 5.56. The number of thiazole rings is 1. The van der Waals surface area contributed by atoms with Crippen LogP contribution < -0.4 is 5.32 Å². The number of amides is 1. The number of carbonyl (C=O) groups excluding carboxylic acids is 1. The Labute approximate surface area is 134 Å². The molecule has 1 saturated heterocycles. The number of aromatic nitrogens is 1. The lowest BCUT2D eigenvalue weighted by molar-refractivity contribution is -0.123. The van der Waals surface area contributed by atoms with Crippen LogP contribution in [0.1, 0.15) is 30.3 Å². The second-order valence-electron chi connectivity index (χ2n) is 5.59. The van der Waals surface area contributed by atoms with E-state index in [4.69, 9.17) is 4.98 Å². The maximum atomic E-state index is 12.0. The Kier molecular flexibility index (Phi) is 4.85. The molecule has 1 N–H and O–H groups in total. The van der Waals surface area contributed by atoms with E-state index in [-0.39, 0.29) is 11.9 Å². The van der Waals surface area contributed by atoms with Crippen LogP contribution in [-0.2, 0) is 4.79 Å². The van der Waals surface area contributed by atoms with Crippen LogP contribution in [0, 0.1) is 0 Å². The summed E-state index contributed by atoms with van der Waals surface area (Å²) in [6, 6.07) is 8.50. The molecule has 1 aromatic heterocycles. The Morgan fingerprint density at radius 3 is 3.14 bits per heavy atom. The molecule has 116 valence electrons. The van der Waals surface area contributed by atoms with E-state index in [0.717, 1.165) is 29.9 Å². The fourth-order valence-corrected chi connectivity index (χ4v) is 4.06. The highest BCUT2D eigenvalue weighted by Gasteiger charge is 2.27. The summed E-state index contributed by atoms with van der Waals surface area (Å²) in [7, 11) is 0. The second kappa shape index (κ2) is 7.03. The number of likely N-dealkylation sites (tertiary alicyclic amines) is 1. The Balaban J connectivity index is 1.76. The first kappa shape index (κ1) is 15.2. The Hall–Kier alpha value is -1.72. The molecule has 0 aliphatic carbocycles. The molecule has 5 heteroatoms. The molecule has 22 heavy (non-hydrogen) atoms. The molecule has 1 atom stereocenters. The molecule has 0 unspecified atom stereocenters. The lowest BCUT2D eigenvalue weighted by Crippen LogP contribution is -2.41. The summed E-state index contributed by atoms with van der Waals surface area (Å²) in [5.41, 5.74) is 1.06. The van der Waals surface area contributed by atoms with Crippen molar-refractivity contribution in [2.75, 3.05) is 19.6 Å². The molecule has 2 heterocycles. The predicted molar refractivity (Wildman–Crippen MR) is 91.0 cm³/mol. The van der Waals surface area contributed by atoms with Crippen LogP contribution in [-0.4, -0.2) is 35.4 Å². The van der Waals surface area contributed by atoms with E-state index < -0.39 is 0 Å². The molecule has 1 aliphatic rings. The van der Waals surface area contributed by atoms with Gasteiger partial charge >= 0.3 is 0 Å². The van der Waals surface area contributed by atoms with Gasteiger partial charge in [-0.2, -0.15) is 0 Å². The van der Waals surface area contributed by atoms with Crippen molar-refractivity contribution < 1.29 is 4.79 Å². The topological polar surface area (TPSA) is 45.2 Å². The van der Waals surface area contributed by atoms with Crippen LogP contribution in [0.15, 0.2) is 36.9 Å². The predicted octanol–water partition coefficient (Wildman–Crippen LogP) is 3.13. The highest BCUT2D eigenvalue weighted by atomic mass is 32.1. The number of benzene rings is 1. The summed E-state index contributed by atoms with van der Waals surface area (Å²) in [5, 5.41) is 4.00. The van der Waals surface area contributed by atoms with Gasteiger partial charge in [-0.05, 0) is 31.5 Å². The highest BCUT2D eigenvalue weighted by molar-refractivity contribution is 7.18. The van der Waals surface area contributed by atoms with Gasteiger partial charge < -0.3 is 5.32 Å². The number of rotatable bonds is 5. The van der Waals surface area contributed by atoms with Crippen LogP contribution in [0.5, 0.6) is 0 Å². The van der Waals surface area contributed by atoms with Crippen LogP contribution in [0.4, 0.5) is 0 Å². The first-order valence-electron chi connectivity index (χ1n) is 7.75. The number of carbonyl (C=O) groups is 1. The van der Waals surface area contributed by atoms with Crippen molar-refractivity contribution in [3.63, 3.8) is 0 Å². The minimum Gasteiger partial charge on any atom is -0.352 e. The first-order valence-corrected chi connectivity index (χ1v) is 8.56. The summed E-state index contributed by atoms with van der Waals surface area (Å²) in [4.78, 5) is 19.1. The monoisotopic (exact) mass is 315 g/mol. The number of hydrogen-bond acceptors (Lipinski definition) is 4. The number of hydrogen-bond donors (Lipinski definition) is 1. The normalized spacial score (nSPS) is 19.2. The Bertz CT molecular complexity index is 634. The number of piperidine rings is 1. The molecule has 1 aliphatic heterocycles. The quantitative estimate of drug-likeness (QED) is 0.862. The average molecular weight is 315 g/mol. The minimum absolute atomic E-state index is 0.0629. The van der Waals surface area contributed by atoms with Crippen molar-refractivity contribution in [3.8, 4) is 0 Å². The van der Waals surface area contributed by atoms with Gasteiger partial charge in [0, 0.05) is 6.54 Å². The largest absolute Gasteiger partial charge is 0.352 e. The van der Waals surface area contributed by atoms with Gasteiger partial charge in [-0.1, -0.05) is 24.6 Å². The molecule has 1 fully saturated rings. The van der Waals surface area contributed by atoms with Crippen molar-refractivity contribution in [1.82, 2.24) is 15.2 Å². The van der Waals surface area contributed by atoms with Crippen molar-refractivity contribution in [3.05, 3.63) is 41.9 Å². The zero-order chi connectivity index (χ0) is 15.4. The molecule has 0 spiro atoms. The van der Waals surface area contributed by atoms with Gasteiger partial charge in [0.15, 0.2) is 0 Å². The zero-order valence-electron chi connectivity index (χ0n) is 12.6. The standard InChI is InChI=1S/C17H21N3OS/c1-2-10-18-16(21)12-20-11-6-5-8-14(20)17-19-13-7-3-4-9-15(13)22-17/h2-4,7,9,14H,1,5-6,8,10-12H2,(H,18,21)/t14-/m1/s1. The molecule has 1 amide bonds. The lowest BCUT2D eigenvalue weighted by Gasteiger charge is -2.33. The SMILES string of the molecule is C=CCNC(=O)CN1CCCC[C@@H]1c1nc2ccccc2s1. The third-order valence-corrected chi connectivity index (χ3v) is 5.14. The van der Waals surface area contributed by atoms with E-state index in [1.54, 1.807) is 17.4 Å². The molecular weight excluding hydrogens is 294 g/mol. The van der Waals surface area contributed by atoms with Crippen LogP contribution in [0.3, 0.4) is 0 Å². The molecular formula is C17H21N3OS. The van der Waals surface area contributed by atoms with Crippen LogP contribution in [0.25, 0.3) is 10.2 Å². The van der Waals surface area contributed by atoms with Gasteiger partial charge in [0.1, 0.15) is 5.01 Å². The van der Waals surface area contributed by atoms with E-state index >= 15 is 0 Å². The van der Waals surface area contributed by atoms with Crippen molar-refractivity contribution >= 4 is 27.5 Å². The zero-order valence-corrected chi connectivity index (χ0v) is 13.4. The third kappa shape index (κ3) is 3.36. The third-order valence-electron chi connectivity index (χ3n) is 4.00. The van der Waals surface area contributed by atoms with E-state index in [0.29, 0.717) is 13.1 Å². The van der Waals surface area contributed by atoms with Gasteiger partial charge in [-0.15, -0.1) is 17.9 Å². The van der Waals surface area contributed by atoms with Gasteiger partial charge in [0.25, 0.3) is 0 Å². The molecule has 3 rings (SSSR count). The number of fused-ring (bicyclic) bond motifs is 1.